The quantitative estimate of drug-likeness (QED) is 0.292. The van der Waals surface area contributed by atoms with E-state index in [0.717, 1.165) is 25.5 Å². The monoisotopic (exact) mass is 421 g/mol. The number of ether oxygens (including phenoxy) is 1. The van der Waals surface area contributed by atoms with Crippen LogP contribution in [-0.2, 0) is 9.53 Å². The number of amides is 1. The smallest absolute Gasteiger partial charge is 0.407 e. The molecule has 0 heterocycles. The molecular formula is C27H35NO3. The molecule has 2 aromatic rings. The van der Waals surface area contributed by atoms with E-state index in [1.54, 1.807) is 0 Å². The first-order valence-electron chi connectivity index (χ1n) is 11.8. The topological polar surface area (TPSA) is 55.4 Å². The number of hydrogen-bond donors (Lipinski definition) is 1. The average Bonchev–Trinajstić information content (AvgIpc) is 3.11. The van der Waals surface area contributed by atoms with E-state index in [9.17, 15) is 9.59 Å². The highest BCUT2D eigenvalue weighted by molar-refractivity contribution is 5.79. The zero-order valence-corrected chi connectivity index (χ0v) is 18.6. The number of alkyl carbamates (subject to hydrolysis) is 1. The van der Waals surface area contributed by atoms with Crippen LogP contribution < -0.4 is 5.32 Å². The van der Waals surface area contributed by atoms with Crippen molar-refractivity contribution >= 4 is 12.4 Å². The molecule has 4 heteroatoms. The van der Waals surface area contributed by atoms with Crippen LogP contribution in [0.5, 0.6) is 0 Å². The maximum absolute atomic E-state index is 12.5. The Morgan fingerprint density at radius 2 is 1.52 bits per heavy atom. The zero-order valence-electron chi connectivity index (χ0n) is 18.6. The summed E-state index contributed by atoms with van der Waals surface area (Å²) in [4.78, 5) is 23.5. The van der Waals surface area contributed by atoms with Crippen LogP contribution in [0.4, 0.5) is 4.79 Å². The minimum atomic E-state index is -0.434. The fraction of sp³-hybridized carbons (Fsp3) is 0.481. The number of aldehydes is 1. The Hall–Kier alpha value is -2.62. The molecular weight excluding hydrogens is 386 g/mol. The van der Waals surface area contributed by atoms with Gasteiger partial charge in [0, 0.05) is 18.4 Å². The van der Waals surface area contributed by atoms with Crippen molar-refractivity contribution in [2.75, 3.05) is 6.61 Å². The highest BCUT2D eigenvalue weighted by Crippen LogP contribution is 2.44. The third-order valence-corrected chi connectivity index (χ3v) is 6.20. The molecule has 31 heavy (non-hydrogen) atoms. The van der Waals surface area contributed by atoms with Crippen LogP contribution in [0.2, 0.25) is 0 Å². The largest absolute Gasteiger partial charge is 0.449 e. The lowest BCUT2D eigenvalue weighted by Crippen LogP contribution is -2.36. The van der Waals surface area contributed by atoms with Crippen molar-refractivity contribution in [2.24, 2.45) is 0 Å². The molecule has 1 unspecified atom stereocenters. The van der Waals surface area contributed by atoms with Gasteiger partial charge in [-0.1, -0.05) is 100 Å². The van der Waals surface area contributed by atoms with Gasteiger partial charge in [0.2, 0.25) is 0 Å². The molecule has 0 bridgehead atoms. The van der Waals surface area contributed by atoms with Gasteiger partial charge >= 0.3 is 6.09 Å². The van der Waals surface area contributed by atoms with Gasteiger partial charge in [-0.15, -0.1) is 0 Å². The Bertz CT molecular complexity index is 802. The average molecular weight is 422 g/mol. The molecule has 0 aliphatic heterocycles. The van der Waals surface area contributed by atoms with Crippen LogP contribution in [0.25, 0.3) is 11.1 Å². The van der Waals surface area contributed by atoms with E-state index in [4.69, 9.17) is 4.74 Å². The van der Waals surface area contributed by atoms with Crippen LogP contribution in [0.1, 0.15) is 81.8 Å². The summed E-state index contributed by atoms with van der Waals surface area (Å²) in [5, 5.41) is 2.91. The summed E-state index contributed by atoms with van der Waals surface area (Å²) >= 11 is 0. The molecule has 0 saturated carbocycles. The molecule has 3 rings (SSSR count). The number of unbranched alkanes of at least 4 members (excludes halogenated alkanes) is 6. The van der Waals surface area contributed by atoms with Gasteiger partial charge in [-0.25, -0.2) is 4.79 Å². The van der Waals surface area contributed by atoms with Gasteiger partial charge < -0.3 is 14.8 Å². The SMILES string of the molecule is CCCCCCCCCC(CC=O)NC(=O)OCC1c2ccccc2-c2ccccc21. The van der Waals surface area contributed by atoms with Crippen molar-refractivity contribution in [3.05, 3.63) is 59.7 Å². The van der Waals surface area contributed by atoms with Gasteiger partial charge in [0.1, 0.15) is 12.9 Å². The Morgan fingerprint density at radius 1 is 0.935 bits per heavy atom. The number of nitrogens with one attached hydrogen (secondary N) is 1. The summed E-state index contributed by atoms with van der Waals surface area (Å²) in [7, 11) is 0. The lowest BCUT2D eigenvalue weighted by molar-refractivity contribution is -0.108. The Morgan fingerprint density at radius 3 is 2.13 bits per heavy atom. The molecule has 1 aliphatic carbocycles. The summed E-state index contributed by atoms with van der Waals surface area (Å²) in [5.41, 5.74) is 4.82. The van der Waals surface area contributed by atoms with Gasteiger partial charge in [0.05, 0.1) is 0 Å². The van der Waals surface area contributed by atoms with Crippen molar-refractivity contribution in [1.29, 1.82) is 0 Å². The standard InChI is InChI=1S/C27H35NO3/c1-2-3-4-5-6-7-8-13-21(18-19-29)28-27(30)31-20-26-24-16-11-9-14-22(24)23-15-10-12-17-25(23)26/h9-12,14-17,19,21,26H,2-8,13,18,20H2,1H3,(H,28,30). The molecule has 1 N–H and O–H groups in total. The molecule has 0 aromatic heterocycles. The third kappa shape index (κ3) is 6.43. The molecule has 0 saturated heterocycles. The van der Waals surface area contributed by atoms with Crippen molar-refractivity contribution in [2.45, 2.75) is 76.7 Å². The third-order valence-electron chi connectivity index (χ3n) is 6.20. The lowest BCUT2D eigenvalue weighted by Gasteiger charge is -2.18. The highest BCUT2D eigenvalue weighted by Gasteiger charge is 2.29. The first-order chi connectivity index (χ1) is 15.2. The van der Waals surface area contributed by atoms with Gasteiger partial charge in [0.25, 0.3) is 0 Å². The fourth-order valence-corrected chi connectivity index (χ4v) is 4.52. The molecule has 4 nitrogen and oxygen atoms in total. The molecule has 0 radical (unpaired) electrons. The van der Waals surface area contributed by atoms with E-state index in [1.165, 1.54) is 54.4 Å². The first-order valence-corrected chi connectivity index (χ1v) is 11.8. The summed E-state index contributed by atoms with van der Waals surface area (Å²) in [5.74, 6) is 0.0470. The first kappa shape index (κ1) is 23.1. The summed E-state index contributed by atoms with van der Waals surface area (Å²) in [6.45, 7) is 2.52. The fourth-order valence-electron chi connectivity index (χ4n) is 4.52. The number of benzene rings is 2. The van der Waals surface area contributed by atoms with Gasteiger partial charge in [-0.3, -0.25) is 0 Å². The number of rotatable bonds is 13. The number of hydrogen-bond acceptors (Lipinski definition) is 3. The van der Waals surface area contributed by atoms with Crippen molar-refractivity contribution < 1.29 is 14.3 Å². The number of fused-ring (bicyclic) bond motifs is 3. The predicted octanol–water partition coefficient (Wildman–Crippen LogP) is 6.62. The van der Waals surface area contributed by atoms with Gasteiger partial charge in [0.15, 0.2) is 0 Å². The van der Waals surface area contributed by atoms with E-state index < -0.39 is 6.09 Å². The Kier molecular flexibility index (Phi) is 9.14. The molecule has 1 amide bonds. The second-order valence-electron chi connectivity index (χ2n) is 8.48. The van der Waals surface area contributed by atoms with Gasteiger partial charge in [-0.2, -0.15) is 0 Å². The molecule has 0 fully saturated rings. The van der Waals surface area contributed by atoms with E-state index in [0.29, 0.717) is 13.0 Å². The summed E-state index contributed by atoms with van der Waals surface area (Å²) in [6.07, 6.45) is 10.1. The van der Waals surface area contributed by atoms with Crippen LogP contribution >= 0.6 is 0 Å². The second kappa shape index (κ2) is 12.3. The summed E-state index contributed by atoms with van der Waals surface area (Å²) in [6, 6.07) is 16.4. The maximum Gasteiger partial charge on any atom is 0.407 e. The minimum Gasteiger partial charge on any atom is -0.449 e. The molecule has 1 aliphatic rings. The second-order valence-corrected chi connectivity index (χ2v) is 8.48. The highest BCUT2D eigenvalue weighted by atomic mass is 16.5. The zero-order chi connectivity index (χ0) is 21.9. The van der Waals surface area contributed by atoms with E-state index in [1.807, 2.05) is 24.3 Å². The predicted molar refractivity (Wildman–Crippen MR) is 125 cm³/mol. The maximum atomic E-state index is 12.5. The molecule has 166 valence electrons. The van der Waals surface area contributed by atoms with E-state index >= 15 is 0 Å². The van der Waals surface area contributed by atoms with Crippen LogP contribution in [-0.4, -0.2) is 25.0 Å². The van der Waals surface area contributed by atoms with Gasteiger partial charge in [-0.05, 0) is 28.7 Å². The van der Waals surface area contributed by atoms with Crippen LogP contribution in [0, 0.1) is 0 Å². The molecule has 1 atom stereocenters. The molecule has 2 aromatic carbocycles. The van der Waals surface area contributed by atoms with E-state index in [-0.39, 0.29) is 12.0 Å². The number of carbonyl (C=O) groups is 2. The van der Waals surface area contributed by atoms with Crippen molar-refractivity contribution in [1.82, 2.24) is 5.32 Å². The van der Waals surface area contributed by atoms with Crippen molar-refractivity contribution in [3.63, 3.8) is 0 Å². The number of carbonyl (C=O) groups excluding carboxylic acids is 2. The van der Waals surface area contributed by atoms with Crippen molar-refractivity contribution in [3.8, 4) is 11.1 Å². The Balaban J connectivity index is 1.48. The molecule has 0 spiro atoms. The normalized spacial score (nSPS) is 13.3. The Labute approximate surface area is 186 Å². The lowest BCUT2D eigenvalue weighted by atomic mass is 9.98. The van der Waals surface area contributed by atoms with Crippen LogP contribution in [0.15, 0.2) is 48.5 Å². The van der Waals surface area contributed by atoms with E-state index in [2.05, 4.69) is 36.5 Å². The summed E-state index contributed by atoms with van der Waals surface area (Å²) < 4.78 is 5.62. The van der Waals surface area contributed by atoms with Crippen LogP contribution in [0.3, 0.4) is 0 Å². The minimum absolute atomic E-state index is 0.0470.